The molecule has 0 spiro atoms. The molecule has 0 aliphatic heterocycles. The van der Waals surface area contributed by atoms with Crippen LogP contribution in [-0.2, 0) is 4.74 Å². The zero-order chi connectivity index (χ0) is 10.8. The van der Waals surface area contributed by atoms with Crippen molar-refractivity contribution >= 4 is 6.09 Å². The Hall–Kier alpha value is -0.770. The van der Waals surface area contributed by atoms with Crippen LogP contribution >= 0.6 is 0 Å². The fraction of sp³-hybridized carbons (Fsp3) is 0.900. The van der Waals surface area contributed by atoms with Gasteiger partial charge in [-0.25, -0.2) is 4.79 Å². The van der Waals surface area contributed by atoms with Crippen LogP contribution in [-0.4, -0.2) is 23.8 Å². The van der Waals surface area contributed by atoms with E-state index in [0.717, 1.165) is 19.3 Å². The third kappa shape index (κ3) is 2.87. The highest BCUT2D eigenvalue weighted by Crippen LogP contribution is 2.30. The van der Waals surface area contributed by atoms with Gasteiger partial charge < -0.3 is 15.8 Å². The van der Waals surface area contributed by atoms with Gasteiger partial charge in [-0.15, -0.1) is 0 Å². The van der Waals surface area contributed by atoms with Crippen LogP contribution < -0.4 is 11.1 Å². The Bertz CT molecular complexity index is 211. The quantitative estimate of drug-likeness (QED) is 0.708. The molecule has 14 heavy (non-hydrogen) atoms. The van der Waals surface area contributed by atoms with Crippen molar-refractivity contribution in [3.63, 3.8) is 0 Å². The van der Waals surface area contributed by atoms with Crippen LogP contribution in [0.4, 0.5) is 4.79 Å². The molecule has 1 rings (SSSR count). The Kier molecular flexibility index (Phi) is 3.04. The molecule has 4 nitrogen and oxygen atoms in total. The van der Waals surface area contributed by atoms with Crippen molar-refractivity contribution in [3.05, 3.63) is 0 Å². The normalized spacial score (nSPS) is 19.7. The molecule has 1 fully saturated rings. The number of carbonyl (C=O) groups excluding carboxylic acids is 1. The molecule has 4 heteroatoms. The summed E-state index contributed by atoms with van der Waals surface area (Å²) in [7, 11) is 0. The summed E-state index contributed by atoms with van der Waals surface area (Å²) in [5, 5.41) is 2.85. The van der Waals surface area contributed by atoms with Gasteiger partial charge in [-0.3, -0.25) is 0 Å². The number of rotatable bonds is 2. The summed E-state index contributed by atoms with van der Waals surface area (Å²) in [4.78, 5) is 11.4. The minimum atomic E-state index is -0.441. The Balaban J connectivity index is 2.40. The Morgan fingerprint density at radius 1 is 1.50 bits per heavy atom. The van der Waals surface area contributed by atoms with Crippen LogP contribution in [0.5, 0.6) is 0 Å². The van der Waals surface area contributed by atoms with Crippen LogP contribution in [0.25, 0.3) is 0 Å². The van der Waals surface area contributed by atoms with E-state index in [9.17, 15) is 4.79 Å². The molecule has 1 amide bonds. The van der Waals surface area contributed by atoms with Crippen molar-refractivity contribution < 1.29 is 9.53 Å². The van der Waals surface area contributed by atoms with Gasteiger partial charge in [0.25, 0.3) is 0 Å². The topological polar surface area (TPSA) is 64.3 Å². The predicted octanol–water partition coefficient (Wildman–Crippen LogP) is 1.39. The lowest BCUT2D eigenvalue weighted by molar-refractivity contribution is 0.0393. The zero-order valence-electron chi connectivity index (χ0n) is 9.22. The summed E-state index contributed by atoms with van der Waals surface area (Å²) in [5.74, 6) is 0. The van der Waals surface area contributed by atoms with Crippen LogP contribution in [0.3, 0.4) is 0 Å². The molecule has 82 valence electrons. The molecule has 1 aliphatic rings. The molecule has 0 saturated heterocycles. The first-order valence-corrected chi connectivity index (χ1v) is 5.08. The van der Waals surface area contributed by atoms with Gasteiger partial charge in [-0.2, -0.15) is 0 Å². The maximum atomic E-state index is 11.4. The van der Waals surface area contributed by atoms with Crippen molar-refractivity contribution in [2.75, 3.05) is 6.54 Å². The average Bonchev–Trinajstić information content (AvgIpc) is 1.93. The fourth-order valence-corrected chi connectivity index (χ4v) is 1.50. The first-order valence-electron chi connectivity index (χ1n) is 5.08. The highest BCUT2D eigenvalue weighted by molar-refractivity contribution is 5.69. The van der Waals surface area contributed by atoms with Crippen LogP contribution in [0, 0.1) is 0 Å². The van der Waals surface area contributed by atoms with Crippen LogP contribution in [0.15, 0.2) is 0 Å². The van der Waals surface area contributed by atoms with Crippen molar-refractivity contribution in [1.29, 1.82) is 0 Å². The summed E-state index contributed by atoms with van der Waals surface area (Å²) in [6, 6.07) is 0. The summed E-state index contributed by atoms with van der Waals surface area (Å²) in [6.07, 6.45) is 2.70. The Morgan fingerprint density at radius 3 is 2.36 bits per heavy atom. The van der Waals surface area contributed by atoms with E-state index in [1.165, 1.54) is 0 Å². The number of alkyl carbamates (subject to hydrolysis) is 1. The van der Waals surface area contributed by atoms with Gasteiger partial charge >= 0.3 is 6.09 Å². The van der Waals surface area contributed by atoms with Gasteiger partial charge in [-0.1, -0.05) is 0 Å². The second-order valence-corrected chi connectivity index (χ2v) is 4.96. The molecule has 0 aromatic heterocycles. The van der Waals surface area contributed by atoms with Gasteiger partial charge in [0.05, 0.1) is 5.54 Å². The first-order chi connectivity index (χ1) is 6.37. The van der Waals surface area contributed by atoms with E-state index in [4.69, 9.17) is 10.5 Å². The molecule has 0 heterocycles. The number of ether oxygens (including phenoxy) is 1. The minimum Gasteiger partial charge on any atom is -0.444 e. The van der Waals surface area contributed by atoms with Crippen molar-refractivity contribution in [2.24, 2.45) is 5.73 Å². The maximum absolute atomic E-state index is 11.4. The summed E-state index contributed by atoms with van der Waals surface area (Å²) < 4.78 is 5.17. The smallest absolute Gasteiger partial charge is 0.408 e. The van der Waals surface area contributed by atoms with E-state index >= 15 is 0 Å². The molecule has 0 aromatic carbocycles. The number of hydrogen-bond donors (Lipinski definition) is 2. The molecular weight excluding hydrogens is 180 g/mol. The van der Waals surface area contributed by atoms with E-state index < -0.39 is 5.60 Å². The highest BCUT2D eigenvalue weighted by atomic mass is 16.6. The lowest BCUT2D eigenvalue weighted by Crippen LogP contribution is -2.58. The second kappa shape index (κ2) is 3.77. The number of hydrogen-bond acceptors (Lipinski definition) is 3. The lowest BCUT2D eigenvalue weighted by atomic mass is 9.77. The lowest BCUT2D eigenvalue weighted by Gasteiger charge is -2.41. The molecule has 3 N–H and O–H groups in total. The molecule has 0 aromatic rings. The number of amides is 1. The van der Waals surface area contributed by atoms with Crippen LogP contribution in [0.2, 0.25) is 0 Å². The number of carbonyl (C=O) groups is 1. The molecule has 0 radical (unpaired) electrons. The molecule has 0 bridgehead atoms. The predicted molar refractivity (Wildman–Crippen MR) is 55.0 cm³/mol. The van der Waals surface area contributed by atoms with Crippen LogP contribution in [0.1, 0.15) is 40.0 Å². The first kappa shape index (κ1) is 11.3. The van der Waals surface area contributed by atoms with Crippen molar-refractivity contribution in [2.45, 2.75) is 51.2 Å². The summed E-state index contributed by atoms with van der Waals surface area (Å²) in [5.41, 5.74) is 4.98. The van der Waals surface area contributed by atoms with Gasteiger partial charge in [0.1, 0.15) is 5.60 Å². The van der Waals surface area contributed by atoms with Crippen molar-refractivity contribution in [1.82, 2.24) is 5.32 Å². The standard InChI is InChI=1S/C10H20N2O2/c1-9(2,3)14-8(13)12-10(7-11)5-4-6-10/h4-7,11H2,1-3H3,(H,12,13). The van der Waals surface area contributed by atoms with E-state index in [0.29, 0.717) is 6.54 Å². The third-order valence-corrected chi connectivity index (χ3v) is 2.47. The molecule has 0 unspecified atom stereocenters. The summed E-state index contributed by atoms with van der Waals surface area (Å²) in [6.45, 7) is 6.04. The monoisotopic (exact) mass is 200 g/mol. The van der Waals surface area contributed by atoms with E-state index in [-0.39, 0.29) is 11.6 Å². The van der Waals surface area contributed by atoms with Gasteiger partial charge in [-0.05, 0) is 40.0 Å². The Labute approximate surface area is 85.2 Å². The minimum absolute atomic E-state index is 0.192. The van der Waals surface area contributed by atoms with Crippen molar-refractivity contribution in [3.8, 4) is 0 Å². The van der Waals surface area contributed by atoms with E-state index in [1.807, 2.05) is 20.8 Å². The second-order valence-electron chi connectivity index (χ2n) is 4.96. The highest BCUT2D eigenvalue weighted by Gasteiger charge is 2.38. The largest absolute Gasteiger partial charge is 0.444 e. The third-order valence-electron chi connectivity index (χ3n) is 2.47. The SMILES string of the molecule is CC(C)(C)OC(=O)NC1(CN)CCC1. The molecule has 1 saturated carbocycles. The van der Waals surface area contributed by atoms with E-state index in [2.05, 4.69) is 5.32 Å². The average molecular weight is 200 g/mol. The fourth-order valence-electron chi connectivity index (χ4n) is 1.50. The number of nitrogens with one attached hydrogen (secondary N) is 1. The molecule has 0 atom stereocenters. The molecule has 1 aliphatic carbocycles. The summed E-state index contributed by atoms with van der Waals surface area (Å²) >= 11 is 0. The number of nitrogens with two attached hydrogens (primary N) is 1. The maximum Gasteiger partial charge on any atom is 0.408 e. The van der Waals surface area contributed by atoms with Gasteiger partial charge in [0.2, 0.25) is 0 Å². The van der Waals surface area contributed by atoms with Gasteiger partial charge in [0.15, 0.2) is 0 Å². The Morgan fingerprint density at radius 2 is 2.07 bits per heavy atom. The molecular formula is C10H20N2O2. The van der Waals surface area contributed by atoms with Gasteiger partial charge in [0, 0.05) is 6.54 Å². The zero-order valence-corrected chi connectivity index (χ0v) is 9.22. The van der Waals surface area contributed by atoms with E-state index in [1.54, 1.807) is 0 Å².